The first-order valence-corrected chi connectivity index (χ1v) is 10.0. The number of carbonyl (C=O) groups is 2. The zero-order chi connectivity index (χ0) is 20.9. The van der Waals surface area contributed by atoms with Crippen LogP contribution < -0.4 is 4.74 Å². The predicted molar refractivity (Wildman–Crippen MR) is 116 cm³/mol. The van der Waals surface area contributed by atoms with Gasteiger partial charge in [0, 0.05) is 11.1 Å². The van der Waals surface area contributed by atoms with Crippen molar-refractivity contribution in [2.45, 2.75) is 19.8 Å². The number of hydrogen-bond donors (Lipinski definition) is 0. The van der Waals surface area contributed by atoms with E-state index in [-0.39, 0.29) is 11.8 Å². The van der Waals surface area contributed by atoms with Crippen LogP contribution in [0.2, 0.25) is 0 Å². The van der Waals surface area contributed by atoms with E-state index in [1.807, 2.05) is 60.7 Å². The van der Waals surface area contributed by atoms with Crippen LogP contribution in [-0.4, -0.2) is 18.4 Å². The van der Waals surface area contributed by atoms with Gasteiger partial charge in [-0.25, -0.2) is 4.79 Å². The Balaban J connectivity index is 1.55. The smallest absolute Gasteiger partial charge is 0.338 e. The number of allylic oxidation sites excluding steroid dienone is 1. The topological polar surface area (TPSA) is 52.6 Å². The third kappa shape index (κ3) is 4.33. The van der Waals surface area contributed by atoms with E-state index in [0.29, 0.717) is 30.6 Å². The molecule has 150 valence electrons. The minimum atomic E-state index is -0.357. The van der Waals surface area contributed by atoms with Crippen molar-refractivity contribution in [1.29, 1.82) is 0 Å². The van der Waals surface area contributed by atoms with Gasteiger partial charge in [0.2, 0.25) is 0 Å². The van der Waals surface area contributed by atoms with Crippen LogP contribution in [0.3, 0.4) is 0 Å². The standard InChI is InChI=1S/C26H22O4/c1-2-29-26(28)21-13-14-24-19(17-21)11-12-20(25(24)27)15-18-7-6-10-23(16-18)30-22-8-4-3-5-9-22/h3-10,13-17H,2,11-12H2,1H3. The minimum absolute atomic E-state index is 0.000963. The van der Waals surface area contributed by atoms with Crippen LogP contribution in [0.25, 0.3) is 6.08 Å². The zero-order valence-corrected chi connectivity index (χ0v) is 16.8. The maximum Gasteiger partial charge on any atom is 0.338 e. The maximum atomic E-state index is 13.0. The Labute approximate surface area is 175 Å². The predicted octanol–water partition coefficient (Wildman–Crippen LogP) is 5.87. The van der Waals surface area contributed by atoms with Crippen molar-refractivity contribution in [2.75, 3.05) is 6.61 Å². The van der Waals surface area contributed by atoms with Crippen molar-refractivity contribution in [3.63, 3.8) is 0 Å². The summed E-state index contributed by atoms with van der Waals surface area (Å²) in [5.74, 6) is 1.13. The number of esters is 1. The van der Waals surface area contributed by atoms with Gasteiger partial charge in [0.15, 0.2) is 5.78 Å². The first-order chi connectivity index (χ1) is 14.6. The fraction of sp³-hybridized carbons (Fsp3) is 0.154. The number of benzene rings is 3. The molecule has 0 aromatic heterocycles. The Hall–Kier alpha value is -3.66. The van der Waals surface area contributed by atoms with E-state index >= 15 is 0 Å². The highest BCUT2D eigenvalue weighted by Gasteiger charge is 2.23. The summed E-state index contributed by atoms with van der Waals surface area (Å²) >= 11 is 0. The Morgan fingerprint density at radius 2 is 1.73 bits per heavy atom. The zero-order valence-electron chi connectivity index (χ0n) is 16.8. The number of ether oxygens (including phenoxy) is 2. The van der Waals surface area contributed by atoms with E-state index in [1.54, 1.807) is 25.1 Å². The van der Waals surface area contributed by atoms with Crippen LogP contribution in [0.1, 0.15) is 45.2 Å². The van der Waals surface area contributed by atoms with E-state index in [2.05, 4.69) is 0 Å². The Morgan fingerprint density at radius 3 is 2.53 bits per heavy atom. The summed E-state index contributed by atoms with van der Waals surface area (Å²) in [6.07, 6.45) is 3.25. The molecule has 0 radical (unpaired) electrons. The SMILES string of the molecule is CCOC(=O)c1ccc2c(c1)CCC(=Cc1cccc(Oc3ccccc3)c1)C2=O. The molecule has 1 aliphatic carbocycles. The summed E-state index contributed by atoms with van der Waals surface area (Å²) in [7, 11) is 0. The molecule has 0 saturated heterocycles. The first-order valence-electron chi connectivity index (χ1n) is 10.0. The van der Waals surface area contributed by atoms with Gasteiger partial charge in [-0.3, -0.25) is 4.79 Å². The van der Waals surface area contributed by atoms with Gasteiger partial charge in [-0.2, -0.15) is 0 Å². The van der Waals surface area contributed by atoms with Gasteiger partial charge in [0.05, 0.1) is 12.2 Å². The molecule has 30 heavy (non-hydrogen) atoms. The largest absolute Gasteiger partial charge is 0.462 e. The lowest BCUT2D eigenvalue weighted by Crippen LogP contribution is -2.15. The van der Waals surface area contributed by atoms with Crippen LogP contribution >= 0.6 is 0 Å². The van der Waals surface area contributed by atoms with Crippen molar-refractivity contribution in [1.82, 2.24) is 0 Å². The van der Waals surface area contributed by atoms with E-state index in [1.165, 1.54) is 0 Å². The maximum absolute atomic E-state index is 13.0. The fourth-order valence-electron chi connectivity index (χ4n) is 3.55. The molecular weight excluding hydrogens is 376 g/mol. The number of ketones is 1. The van der Waals surface area contributed by atoms with Gasteiger partial charge in [-0.1, -0.05) is 30.3 Å². The fourth-order valence-corrected chi connectivity index (χ4v) is 3.55. The molecular formula is C26H22O4. The molecule has 4 heteroatoms. The number of rotatable bonds is 5. The molecule has 4 rings (SSSR count). The first kappa shape index (κ1) is 19.6. The lowest BCUT2D eigenvalue weighted by atomic mass is 9.85. The monoisotopic (exact) mass is 398 g/mol. The number of Topliss-reactive ketones (excluding diaryl/α,β-unsaturated/α-hetero) is 1. The van der Waals surface area contributed by atoms with Crippen LogP contribution in [0.5, 0.6) is 11.5 Å². The Kier molecular flexibility index (Phi) is 5.75. The lowest BCUT2D eigenvalue weighted by molar-refractivity contribution is 0.0526. The number of carbonyl (C=O) groups excluding carboxylic acids is 2. The molecule has 0 saturated carbocycles. The second-order valence-corrected chi connectivity index (χ2v) is 7.08. The summed E-state index contributed by atoms with van der Waals surface area (Å²) in [6.45, 7) is 2.10. The third-order valence-corrected chi connectivity index (χ3v) is 4.99. The highest BCUT2D eigenvalue weighted by Crippen LogP contribution is 2.29. The number of fused-ring (bicyclic) bond motifs is 1. The van der Waals surface area contributed by atoms with Gasteiger partial charge in [-0.15, -0.1) is 0 Å². The van der Waals surface area contributed by atoms with E-state index in [9.17, 15) is 9.59 Å². The Morgan fingerprint density at radius 1 is 0.933 bits per heavy atom. The number of para-hydroxylation sites is 1. The summed E-state index contributed by atoms with van der Waals surface area (Å²) in [5.41, 5.74) is 3.70. The minimum Gasteiger partial charge on any atom is -0.462 e. The normalized spacial score (nSPS) is 14.3. The van der Waals surface area contributed by atoms with Crippen molar-refractivity contribution in [3.05, 3.63) is 101 Å². The average molecular weight is 398 g/mol. The molecule has 0 atom stereocenters. The van der Waals surface area contributed by atoms with E-state index < -0.39 is 0 Å². The summed E-state index contributed by atoms with van der Waals surface area (Å²) in [4.78, 5) is 24.9. The number of aryl methyl sites for hydroxylation is 1. The highest BCUT2D eigenvalue weighted by molar-refractivity contribution is 6.13. The second-order valence-electron chi connectivity index (χ2n) is 7.08. The summed E-state index contributed by atoms with van der Waals surface area (Å²) < 4.78 is 10.9. The lowest BCUT2D eigenvalue weighted by Gasteiger charge is -2.18. The summed E-state index contributed by atoms with van der Waals surface area (Å²) in [6, 6.07) is 22.4. The molecule has 3 aromatic carbocycles. The van der Waals surface area contributed by atoms with E-state index in [0.717, 1.165) is 28.2 Å². The molecule has 0 bridgehead atoms. The van der Waals surface area contributed by atoms with Crippen molar-refractivity contribution in [3.8, 4) is 11.5 Å². The van der Waals surface area contributed by atoms with Crippen LogP contribution in [0.4, 0.5) is 0 Å². The molecule has 0 N–H and O–H groups in total. The third-order valence-electron chi connectivity index (χ3n) is 4.99. The highest BCUT2D eigenvalue weighted by atomic mass is 16.5. The van der Waals surface area contributed by atoms with Crippen LogP contribution in [-0.2, 0) is 11.2 Å². The van der Waals surface area contributed by atoms with Crippen molar-refractivity contribution in [2.24, 2.45) is 0 Å². The van der Waals surface area contributed by atoms with Gasteiger partial charge in [-0.05, 0) is 79.4 Å². The second kappa shape index (κ2) is 8.78. The van der Waals surface area contributed by atoms with Crippen molar-refractivity contribution < 1.29 is 19.1 Å². The molecule has 0 spiro atoms. The molecule has 0 amide bonds. The van der Waals surface area contributed by atoms with E-state index in [4.69, 9.17) is 9.47 Å². The summed E-state index contributed by atoms with van der Waals surface area (Å²) in [5, 5.41) is 0. The van der Waals surface area contributed by atoms with Crippen molar-refractivity contribution >= 4 is 17.8 Å². The van der Waals surface area contributed by atoms with Gasteiger partial charge < -0.3 is 9.47 Å². The quantitative estimate of drug-likeness (QED) is 0.398. The van der Waals surface area contributed by atoms with Gasteiger partial charge in [0.1, 0.15) is 11.5 Å². The molecule has 0 fully saturated rings. The molecule has 1 aliphatic rings. The Bertz CT molecular complexity index is 1110. The van der Waals surface area contributed by atoms with Gasteiger partial charge in [0.25, 0.3) is 0 Å². The molecule has 0 unspecified atom stereocenters. The molecule has 0 heterocycles. The van der Waals surface area contributed by atoms with Crippen LogP contribution in [0, 0.1) is 0 Å². The molecule has 3 aromatic rings. The molecule has 4 nitrogen and oxygen atoms in total. The average Bonchev–Trinajstić information content (AvgIpc) is 2.77. The van der Waals surface area contributed by atoms with Crippen LogP contribution in [0.15, 0.2) is 78.4 Å². The number of hydrogen-bond acceptors (Lipinski definition) is 4. The molecule has 0 aliphatic heterocycles. The van der Waals surface area contributed by atoms with Gasteiger partial charge >= 0.3 is 5.97 Å².